The van der Waals surface area contributed by atoms with Gasteiger partial charge in [-0.25, -0.2) is 8.42 Å². The van der Waals surface area contributed by atoms with Crippen molar-refractivity contribution in [1.82, 2.24) is 10.2 Å². The van der Waals surface area contributed by atoms with Crippen LogP contribution >= 0.6 is 0 Å². The summed E-state index contributed by atoms with van der Waals surface area (Å²) in [5, 5.41) is 2.87. The minimum atomic E-state index is -4.19. The van der Waals surface area contributed by atoms with Gasteiger partial charge in [-0.05, 0) is 68.3 Å². The molecule has 0 aliphatic rings. The monoisotopic (exact) mass is 613 g/mol. The molecule has 1 atom stereocenters. The Bertz CT molecular complexity index is 1610. The van der Waals surface area contributed by atoms with E-state index in [0.717, 1.165) is 21.0 Å². The number of nitrogens with one attached hydrogen (secondary N) is 1. The zero-order chi connectivity index (χ0) is 31.5. The summed E-state index contributed by atoms with van der Waals surface area (Å²) in [7, 11) is -4.19. The summed E-state index contributed by atoms with van der Waals surface area (Å²) < 4.78 is 34.9. The Morgan fingerprint density at radius 2 is 1.39 bits per heavy atom. The molecule has 0 heterocycles. The van der Waals surface area contributed by atoms with Gasteiger partial charge in [0, 0.05) is 19.5 Å². The number of sulfonamides is 1. The number of hydrogen-bond donors (Lipinski definition) is 1. The summed E-state index contributed by atoms with van der Waals surface area (Å²) in [4.78, 5) is 29.4. The number of carbonyl (C=O) groups is 2. The lowest BCUT2D eigenvalue weighted by Crippen LogP contribution is -2.53. The molecular formula is C35H39N3O5S. The molecule has 44 heavy (non-hydrogen) atoms. The molecule has 4 rings (SSSR count). The molecule has 230 valence electrons. The van der Waals surface area contributed by atoms with Gasteiger partial charge in [0.15, 0.2) is 0 Å². The first-order valence-electron chi connectivity index (χ1n) is 14.7. The van der Waals surface area contributed by atoms with Gasteiger partial charge in [0.2, 0.25) is 11.8 Å². The zero-order valence-electron chi connectivity index (χ0n) is 25.3. The molecule has 9 heteroatoms. The molecule has 0 fully saturated rings. The molecule has 0 unspecified atom stereocenters. The van der Waals surface area contributed by atoms with Crippen molar-refractivity contribution in [1.29, 1.82) is 0 Å². The van der Waals surface area contributed by atoms with Gasteiger partial charge in [-0.2, -0.15) is 0 Å². The van der Waals surface area contributed by atoms with Crippen LogP contribution in [0.2, 0.25) is 0 Å². The normalized spacial score (nSPS) is 11.8. The summed E-state index contributed by atoms with van der Waals surface area (Å²) in [5.41, 5.74) is 2.99. The fraction of sp³-hybridized carbons (Fsp3) is 0.257. The van der Waals surface area contributed by atoms with Crippen LogP contribution in [0.25, 0.3) is 0 Å². The molecule has 0 spiro atoms. The van der Waals surface area contributed by atoms with Gasteiger partial charge in [-0.3, -0.25) is 13.9 Å². The van der Waals surface area contributed by atoms with Crippen LogP contribution in [-0.2, 0) is 32.6 Å². The van der Waals surface area contributed by atoms with E-state index in [-0.39, 0.29) is 23.8 Å². The van der Waals surface area contributed by atoms with Crippen LogP contribution in [-0.4, -0.2) is 50.9 Å². The summed E-state index contributed by atoms with van der Waals surface area (Å²) in [6.45, 7) is 6.03. The standard InChI is InChI=1S/C35H39N3O5S/c1-4-36-35(40)33(24-28-12-8-6-9-13-28)37(25-29-14-10-7-11-15-29)34(39)26-38(30-18-16-27(3)17-19-30)44(41,42)32-22-20-31(21-23-32)43-5-2/h6-23,33H,4-5,24-26H2,1-3H3,(H,36,40)/t33-/m0/s1. The SMILES string of the molecule is CCNC(=O)[C@H](Cc1ccccc1)N(Cc1ccccc1)C(=O)CN(c1ccc(C)cc1)S(=O)(=O)c1ccc(OCC)cc1. The third kappa shape index (κ3) is 8.26. The van der Waals surface area contributed by atoms with Gasteiger partial charge in [-0.15, -0.1) is 0 Å². The molecule has 0 aliphatic carbocycles. The third-order valence-corrected chi connectivity index (χ3v) is 8.93. The van der Waals surface area contributed by atoms with Crippen LogP contribution in [0.1, 0.15) is 30.5 Å². The van der Waals surface area contributed by atoms with Gasteiger partial charge in [0.25, 0.3) is 10.0 Å². The van der Waals surface area contributed by atoms with Crippen molar-refractivity contribution in [2.45, 2.75) is 44.7 Å². The molecule has 2 amide bonds. The first-order chi connectivity index (χ1) is 21.2. The number of ether oxygens (including phenoxy) is 1. The Morgan fingerprint density at radius 1 is 0.795 bits per heavy atom. The van der Waals surface area contributed by atoms with E-state index in [1.165, 1.54) is 17.0 Å². The van der Waals surface area contributed by atoms with Crippen LogP contribution in [0.5, 0.6) is 5.75 Å². The molecule has 4 aromatic carbocycles. The van der Waals surface area contributed by atoms with E-state index in [4.69, 9.17) is 4.74 Å². The summed E-state index contributed by atoms with van der Waals surface area (Å²) in [6, 6.07) is 31.1. The summed E-state index contributed by atoms with van der Waals surface area (Å²) in [5.74, 6) is -0.267. The molecule has 0 aliphatic heterocycles. The second-order valence-electron chi connectivity index (χ2n) is 10.4. The van der Waals surface area contributed by atoms with E-state index in [9.17, 15) is 18.0 Å². The van der Waals surface area contributed by atoms with Crippen molar-refractivity contribution in [2.75, 3.05) is 24.0 Å². The van der Waals surface area contributed by atoms with Crippen LogP contribution in [0.4, 0.5) is 5.69 Å². The zero-order valence-corrected chi connectivity index (χ0v) is 26.2. The quantitative estimate of drug-likeness (QED) is 0.207. The molecule has 0 bridgehead atoms. The first kappa shape index (κ1) is 32.3. The number of amides is 2. The predicted octanol–water partition coefficient (Wildman–Crippen LogP) is 5.37. The number of nitrogens with zero attached hydrogens (tertiary/aromatic N) is 2. The van der Waals surface area contributed by atoms with E-state index in [1.54, 1.807) is 36.4 Å². The van der Waals surface area contributed by atoms with E-state index < -0.39 is 28.5 Å². The highest BCUT2D eigenvalue weighted by molar-refractivity contribution is 7.92. The highest BCUT2D eigenvalue weighted by Gasteiger charge is 2.34. The number of aryl methyl sites for hydroxylation is 1. The minimum Gasteiger partial charge on any atom is -0.494 e. The summed E-state index contributed by atoms with van der Waals surface area (Å²) in [6.07, 6.45) is 0.265. The van der Waals surface area contributed by atoms with Crippen molar-refractivity contribution < 1.29 is 22.7 Å². The maximum atomic E-state index is 14.4. The smallest absolute Gasteiger partial charge is 0.264 e. The van der Waals surface area contributed by atoms with Crippen molar-refractivity contribution in [3.8, 4) is 5.75 Å². The largest absolute Gasteiger partial charge is 0.494 e. The van der Waals surface area contributed by atoms with Crippen molar-refractivity contribution in [3.63, 3.8) is 0 Å². The lowest BCUT2D eigenvalue weighted by atomic mass is 10.0. The third-order valence-electron chi connectivity index (χ3n) is 7.14. The van der Waals surface area contributed by atoms with Crippen LogP contribution in [0.3, 0.4) is 0 Å². The molecule has 0 saturated carbocycles. The van der Waals surface area contributed by atoms with Gasteiger partial charge in [0.1, 0.15) is 18.3 Å². The van der Waals surface area contributed by atoms with Crippen LogP contribution < -0.4 is 14.4 Å². The Morgan fingerprint density at radius 3 is 1.95 bits per heavy atom. The van der Waals surface area contributed by atoms with Crippen molar-refractivity contribution >= 4 is 27.5 Å². The Labute approximate surface area is 260 Å². The fourth-order valence-corrected chi connectivity index (χ4v) is 6.28. The number of likely N-dealkylation sites (N-methyl/N-ethyl adjacent to an activating group) is 1. The second kappa shape index (κ2) is 15.2. The van der Waals surface area contributed by atoms with Crippen LogP contribution in [0, 0.1) is 6.92 Å². The maximum Gasteiger partial charge on any atom is 0.264 e. The van der Waals surface area contributed by atoms with Crippen LogP contribution in [0.15, 0.2) is 114 Å². The van der Waals surface area contributed by atoms with Crippen molar-refractivity contribution in [3.05, 3.63) is 126 Å². The number of anilines is 1. The van der Waals surface area contributed by atoms with E-state index in [2.05, 4.69) is 5.32 Å². The molecular weight excluding hydrogens is 574 g/mol. The topological polar surface area (TPSA) is 96.0 Å². The number of carbonyl (C=O) groups excluding carboxylic acids is 2. The van der Waals surface area contributed by atoms with Gasteiger partial charge >= 0.3 is 0 Å². The highest BCUT2D eigenvalue weighted by atomic mass is 32.2. The molecule has 4 aromatic rings. The van der Waals surface area contributed by atoms with E-state index >= 15 is 0 Å². The van der Waals surface area contributed by atoms with Crippen molar-refractivity contribution in [2.24, 2.45) is 0 Å². The predicted molar refractivity (Wildman–Crippen MR) is 173 cm³/mol. The van der Waals surface area contributed by atoms with E-state index in [0.29, 0.717) is 24.6 Å². The molecule has 0 radical (unpaired) electrons. The first-order valence-corrected chi connectivity index (χ1v) is 16.1. The molecule has 0 aromatic heterocycles. The average molecular weight is 614 g/mol. The Hall–Kier alpha value is -4.63. The maximum absolute atomic E-state index is 14.4. The second-order valence-corrected chi connectivity index (χ2v) is 12.2. The Balaban J connectivity index is 1.76. The van der Waals surface area contributed by atoms with Gasteiger partial charge in [-0.1, -0.05) is 78.4 Å². The Kier molecular flexibility index (Phi) is 11.2. The fourth-order valence-electron chi connectivity index (χ4n) is 4.87. The number of benzene rings is 4. The number of rotatable bonds is 14. The highest BCUT2D eigenvalue weighted by Crippen LogP contribution is 2.27. The van der Waals surface area contributed by atoms with Gasteiger partial charge < -0.3 is 15.0 Å². The minimum absolute atomic E-state index is 0.0218. The number of hydrogen-bond acceptors (Lipinski definition) is 5. The molecule has 8 nitrogen and oxygen atoms in total. The lowest BCUT2D eigenvalue weighted by Gasteiger charge is -2.33. The van der Waals surface area contributed by atoms with E-state index in [1.807, 2.05) is 81.4 Å². The molecule has 1 N–H and O–H groups in total. The molecule has 0 saturated heterocycles. The van der Waals surface area contributed by atoms with Gasteiger partial charge in [0.05, 0.1) is 17.2 Å². The lowest BCUT2D eigenvalue weighted by molar-refractivity contribution is -0.140. The summed E-state index contributed by atoms with van der Waals surface area (Å²) >= 11 is 0. The average Bonchev–Trinajstić information content (AvgIpc) is 3.03.